The van der Waals surface area contributed by atoms with E-state index >= 15 is 0 Å². The minimum absolute atomic E-state index is 0.134. The molecule has 1 aromatic rings. The Hall–Kier alpha value is -1.36. The zero-order chi connectivity index (χ0) is 13.4. The van der Waals surface area contributed by atoms with Crippen molar-refractivity contribution in [1.82, 2.24) is 14.8 Å². The molecule has 0 aromatic carbocycles. The minimum atomic E-state index is 0.134. The number of fused-ring (bicyclic) bond motifs is 4. The van der Waals surface area contributed by atoms with Gasteiger partial charge in [-0.15, -0.1) is 0 Å². The molecule has 4 nitrogen and oxygen atoms in total. The first-order valence-corrected chi connectivity index (χ1v) is 7.32. The Balaban J connectivity index is 1.88. The Morgan fingerprint density at radius 1 is 1.42 bits per heavy atom. The third kappa shape index (κ3) is 2.27. The molecule has 0 radical (unpaired) electrons. The van der Waals surface area contributed by atoms with Crippen LogP contribution in [0.3, 0.4) is 0 Å². The van der Waals surface area contributed by atoms with Gasteiger partial charge in [0.05, 0.1) is 0 Å². The third-order valence-electron chi connectivity index (χ3n) is 4.09. The van der Waals surface area contributed by atoms with Crippen molar-refractivity contribution in [2.75, 3.05) is 19.6 Å². The molecule has 5 heteroatoms. The summed E-state index contributed by atoms with van der Waals surface area (Å²) in [5.41, 5.74) is 1.31. The van der Waals surface area contributed by atoms with Gasteiger partial charge >= 0.3 is 0 Å². The lowest BCUT2D eigenvalue weighted by molar-refractivity contribution is 0.177. The molecule has 1 saturated heterocycles. The number of hydrogen-bond donors (Lipinski definition) is 1. The van der Waals surface area contributed by atoms with Gasteiger partial charge in [-0.25, -0.2) is 0 Å². The van der Waals surface area contributed by atoms with Gasteiger partial charge in [-0.3, -0.25) is 4.79 Å². The van der Waals surface area contributed by atoms with Crippen molar-refractivity contribution in [3.8, 4) is 0 Å². The number of likely N-dealkylation sites (tertiary alicyclic amines) is 1. The molecule has 0 saturated carbocycles. The highest BCUT2D eigenvalue weighted by Crippen LogP contribution is 2.34. The van der Waals surface area contributed by atoms with Crippen LogP contribution in [0.1, 0.15) is 25.0 Å². The number of nitrogens with one attached hydrogen (secondary N) is 1. The van der Waals surface area contributed by atoms with Gasteiger partial charge in [0, 0.05) is 43.9 Å². The molecule has 1 fully saturated rings. The van der Waals surface area contributed by atoms with E-state index in [9.17, 15) is 4.79 Å². The second-order valence-electron chi connectivity index (χ2n) is 5.44. The summed E-state index contributed by atoms with van der Waals surface area (Å²) in [4.78, 5) is 14.2. The SMILES string of the molecule is CCNC(=S)N1CC2CC(C1)c1cccc(=O)n1C2. The zero-order valence-corrected chi connectivity index (χ0v) is 11.9. The van der Waals surface area contributed by atoms with Crippen LogP contribution in [0.2, 0.25) is 0 Å². The van der Waals surface area contributed by atoms with Crippen molar-refractivity contribution in [1.29, 1.82) is 0 Å². The van der Waals surface area contributed by atoms with Crippen LogP contribution in [-0.2, 0) is 6.54 Å². The molecule has 2 bridgehead atoms. The second-order valence-corrected chi connectivity index (χ2v) is 5.83. The molecule has 102 valence electrons. The number of hydrogen-bond acceptors (Lipinski definition) is 2. The summed E-state index contributed by atoms with van der Waals surface area (Å²) in [6, 6.07) is 5.61. The van der Waals surface area contributed by atoms with Crippen molar-refractivity contribution in [3.05, 3.63) is 34.2 Å². The number of piperidine rings is 1. The van der Waals surface area contributed by atoms with Gasteiger partial charge in [0.25, 0.3) is 5.56 Å². The number of rotatable bonds is 1. The van der Waals surface area contributed by atoms with E-state index in [1.54, 1.807) is 6.07 Å². The summed E-state index contributed by atoms with van der Waals surface area (Å²) < 4.78 is 1.95. The normalized spacial score (nSPS) is 24.8. The molecule has 19 heavy (non-hydrogen) atoms. The Kier molecular flexibility index (Phi) is 3.31. The van der Waals surface area contributed by atoms with E-state index < -0.39 is 0 Å². The van der Waals surface area contributed by atoms with E-state index in [0.29, 0.717) is 11.8 Å². The molecule has 2 atom stereocenters. The summed E-state index contributed by atoms with van der Waals surface area (Å²) in [5.74, 6) is 0.959. The fraction of sp³-hybridized carbons (Fsp3) is 0.571. The quantitative estimate of drug-likeness (QED) is 0.782. The summed E-state index contributed by atoms with van der Waals surface area (Å²) in [6.45, 7) is 5.64. The number of nitrogens with zero attached hydrogens (tertiary/aromatic N) is 2. The lowest BCUT2D eigenvalue weighted by Crippen LogP contribution is -2.51. The molecule has 3 rings (SSSR count). The van der Waals surface area contributed by atoms with Crippen LogP contribution in [0.15, 0.2) is 23.0 Å². The summed E-state index contributed by atoms with van der Waals surface area (Å²) in [6.07, 6.45) is 1.18. The lowest BCUT2D eigenvalue weighted by atomic mass is 9.83. The number of pyridine rings is 1. The largest absolute Gasteiger partial charge is 0.363 e. The molecule has 2 aliphatic heterocycles. The highest BCUT2D eigenvalue weighted by molar-refractivity contribution is 7.80. The molecule has 1 aromatic heterocycles. The van der Waals surface area contributed by atoms with Crippen molar-refractivity contribution in [3.63, 3.8) is 0 Å². The van der Waals surface area contributed by atoms with Gasteiger partial charge < -0.3 is 14.8 Å². The first-order chi connectivity index (χ1) is 9.19. The summed E-state index contributed by atoms with van der Waals surface area (Å²) in [7, 11) is 0. The van der Waals surface area contributed by atoms with E-state index in [2.05, 4.69) is 23.2 Å². The van der Waals surface area contributed by atoms with Crippen LogP contribution in [0.5, 0.6) is 0 Å². The fourth-order valence-corrected chi connectivity index (χ4v) is 3.62. The van der Waals surface area contributed by atoms with Crippen LogP contribution in [0.25, 0.3) is 0 Å². The van der Waals surface area contributed by atoms with Crippen LogP contribution < -0.4 is 10.9 Å². The van der Waals surface area contributed by atoms with Gasteiger partial charge in [-0.05, 0) is 37.5 Å². The highest BCUT2D eigenvalue weighted by Gasteiger charge is 2.35. The molecule has 0 spiro atoms. The molecular weight excluding hydrogens is 258 g/mol. The first kappa shape index (κ1) is 12.7. The maximum atomic E-state index is 11.9. The molecule has 1 N–H and O–H groups in total. The maximum Gasteiger partial charge on any atom is 0.250 e. The molecule has 2 aliphatic rings. The first-order valence-electron chi connectivity index (χ1n) is 6.91. The van der Waals surface area contributed by atoms with E-state index in [0.717, 1.165) is 31.3 Å². The Bertz CT molecular complexity index is 554. The van der Waals surface area contributed by atoms with Crippen LogP contribution in [0, 0.1) is 5.92 Å². The van der Waals surface area contributed by atoms with Crippen molar-refractivity contribution >= 4 is 17.3 Å². The van der Waals surface area contributed by atoms with Gasteiger partial charge in [0.2, 0.25) is 0 Å². The van der Waals surface area contributed by atoms with Crippen molar-refractivity contribution in [2.45, 2.75) is 25.8 Å². The summed E-state index contributed by atoms with van der Waals surface area (Å²) in [5, 5.41) is 4.08. The standard InChI is InChI=1S/C14H19N3OS/c1-2-15-14(19)16-7-10-6-11(9-16)12-4-3-5-13(18)17(12)8-10/h3-5,10-11H,2,6-9H2,1H3,(H,15,19). The lowest BCUT2D eigenvalue weighted by Gasteiger charge is -2.43. The van der Waals surface area contributed by atoms with Crippen LogP contribution in [0.4, 0.5) is 0 Å². The average Bonchev–Trinajstić information content (AvgIpc) is 2.40. The van der Waals surface area contributed by atoms with Gasteiger partial charge in [-0.2, -0.15) is 0 Å². The topological polar surface area (TPSA) is 37.3 Å². The monoisotopic (exact) mass is 277 g/mol. The second kappa shape index (κ2) is 4.96. The Morgan fingerprint density at radius 2 is 2.26 bits per heavy atom. The predicted molar refractivity (Wildman–Crippen MR) is 79.4 cm³/mol. The average molecular weight is 277 g/mol. The minimum Gasteiger partial charge on any atom is -0.363 e. The zero-order valence-electron chi connectivity index (χ0n) is 11.1. The molecule has 0 amide bonds. The van der Waals surface area contributed by atoms with E-state index in [1.165, 1.54) is 12.1 Å². The summed E-state index contributed by atoms with van der Waals surface area (Å²) >= 11 is 5.42. The van der Waals surface area contributed by atoms with Crippen LogP contribution in [-0.4, -0.2) is 34.2 Å². The van der Waals surface area contributed by atoms with Gasteiger partial charge in [0.1, 0.15) is 0 Å². The Morgan fingerprint density at radius 3 is 3.05 bits per heavy atom. The molecule has 0 aliphatic carbocycles. The van der Waals surface area contributed by atoms with Gasteiger partial charge in [0.15, 0.2) is 5.11 Å². The fourth-order valence-electron chi connectivity index (χ4n) is 3.33. The van der Waals surface area contributed by atoms with Gasteiger partial charge in [-0.1, -0.05) is 6.07 Å². The molecular formula is C14H19N3OS. The third-order valence-corrected chi connectivity index (χ3v) is 4.50. The molecule has 2 unspecified atom stereocenters. The number of thiocarbonyl (C=S) groups is 1. The maximum absolute atomic E-state index is 11.9. The smallest absolute Gasteiger partial charge is 0.250 e. The van der Waals surface area contributed by atoms with E-state index in [-0.39, 0.29) is 5.56 Å². The van der Waals surface area contributed by atoms with Crippen molar-refractivity contribution < 1.29 is 0 Å². The highest BCUT2D eigenvalue weighted by atomic mass is 32.1. The van der Waals surface area contributed by atoms with E-state index in [1.807, 2.05) is 10.6 Å². The van der Waals surface area contributed by atoms with Crippen LogP contribution >= 0.6 is 12.2 Å². The van der Waals surface area contributed by atoms with Crippen molar-refractivity contribution in [2.24, 2.45) is 5.92 Å². The molecule has 3 heterocycles. The predicted octanol–water partition coefficient (Wildman–Crippen LogP) is 1.16. The van der Waals surface area contributed by atoms with E-state index in [4.69, 9.17) is 12.2 Å². The number of aromatic nitrogens is 1. The Labute approximate surface area is 118 Å².